The number of hydrogen-bond donors (Lipinski definition) is 2. The van der Waals surface area contributed by atoms with E-state index in [-0.39, 0.29) is 17.4 Å². The molecule has 5 heteroatoms. The molecule has 1 aromatic rings. The first-order valence-corrected chi connectivity index (χ1v) is 8.76. The van der Waals surface area contributed by atoms with Gasteiger partial charge in [-0.2, -0.15) is 0 Å². The van der Waals surface area contributed by atoms with Crippen molar-refractivity contribution >= 4 is 11.8 Å². The molecule has 0 aromatic heterocycles. The lowest BCUT2D eigenvalue weighted by Crippen LogP contribution is -2.56. The predicted molar refractivity (Wildman–Crippen MR) is 95.9 cm³/mol. The van der Waals surface area contributed by atoms with Crippen molar-refractivity contribution in [3.8, 4) is 0 Å². The van der Waals surface area contributed by atoms with Gasteiger partial charge >= 0.3 is 0 Å². The van der Waals surface area contributed by atoms with Gasteiger partial charge in [-0.25, -0.2) is 0 Å². The Morgan fingerprint density at radius 3 is 2.33 bits per heavy atom. The fourth-order valence-corrected chi connectivity index (χ4v) is 3.33. The van der Waals surface area contributed by atoms with Gasteiger partial charge in [0.15, 0.2) is 0 Å². The average Bonchev–Trinajstić information content (AvgIpc) is 2.61. The summed E-state index contributed by atoms with van der Waals surface area (Å²) in [5, 5.41) is 5.80. The number of likely N-dealkylation sites (N-methyl/N-ethyl adjacent to an activating group) is 1. The average molecular weight is 331 g/mol. The number of nitrogens with zero attached hydrogens (tertiary/aromatic N) is 1. The fraction of sp³-hybridized carbons (Fsp3) is 0.579. The molecule has 1 atom stereocenters. The number of benzene rings is 1. The summed E-state index contributed by atoms with van der Waals surface area (Å²) in [6.07, 6.45) is 5.88. The molecule has 1 fully saturated rings. The molecule has 0 spiro atoms. The Balaban J connectivity index is 1.88. The summed E-state index contributed by atoms with van der Waals surface area (Å²) in [5.74, 6) is -0.357. The summed E-state index contributed by atoms with van der Waals surface area (Å²) in [6.45, 7) is 2.35. The van der Waals surface area contributed by atoms with Crippen molar-refractivity contribution in [2.75, 3.05) is 20.6 Å². The smallest absolute Gasteiger partial charge is 0.251 e. The normalized spacial score (nSPS) is 18.0. The van der Waals surface area contributed by atoms with Crippen LogP contribution in [-0.4, -0.2) is 48.9 Å². The number of carbonyl (C=O) groups is 2. The van der Waals surface area contributed by atoms with Crippen molar-refractivity contribution in [1.82, 2.24) is 15.5 Å². The highest BCUT2D eigenvalue weighted by atomic mass is 16.2. The molecule has 132 valence electrons. The molecule has 0 saturated heterocycles. The highest BCUT2D eigenvalue weighted by Crippen LogP contribution is 2.31. The van der Waals surface area contributed by atoms with Gasteiger partial charge in [-0.1, -0.05) is 37.5 Å². The molecule has 0 aliphatic heterocycles. The van der Waals surface area contributed by atoms with Gasteiger partial charge in [0.05, 0.1) is 0 Å². The molecule has 24 heavy (non-hydrogen) atoms. The van der Waals surface area contributed by atoms with Crippen molar-refractivity contribution < 1.29 is 9.59 Å². The van der Waals surface area contributed by atoms with Crippen LogP contribution in [0.4, 0.5) is 0 Å². The van der Waals surface area contributed by atoms with Crippen molar-refractivity contribution in [3.05, 3.63) is 35.9 Å². The summed E-state index contributed by atoms with van der Waals surface area (Å²) < 4.78 is 0. The third-order valence-corrected chi connectivity index (χ3v) is 5.10. The lowest BCUT2D eigenvalue weighted by molar-refractivity contribution is -0.123. The van der Waals surface area contributed by atoms with Gasteiger partial charge in [0.25, 0.3) is 5.91 Å². The maximum absolute atomic E-state index is 12.4. The minimum absolute atomic E-state index is 0.0388. The van der Waals surface area contributed by atoms with Crippen LogP contribution >= 0.6 is 0 Å². The molecule has 1 aromatic carbocycles. The molecule has 1 aliphatic rings. The molecule has 2 N–H and O–H groups in total. The van der Waals surface area contributed by atoms with Crippen LogP contribution in [-0.2, 0) is 4.79 Å². The van der Waals surface area contributed by atoms with Gasteiger partial charge in [-0.15, -0.1) is 0 Å². The van der Waals surface area contributed by atoms with Gasteiger partial charge < -0.3 is 15.5 Å². The molecule has 0 unspecified atom stereocenters. The Bertz CT molecular complexity index is 551. The largest absolute Gasteiger partial charge is 0.352 e. The van der Waals surface area contributed by atoms with E-state index in [2.05, 4.69) is 29.6 Å². The second-order valence-electron chi connectivity index (χ2n) is 6.96. The van der Waals surface area contributed by atoms with E-state index in [1.807, 2.05) is 18.2 Å². The number of rotatable bonds is 6. The molecule has 1 saturated carbocycles. The number of nitrogens with one attached hydrogen (secondary N) is 2. The summed E-state index contributed by atoms with van der Waals surface area (Å²) in [5.41, 5.74) is 0.603. The van der Waals surface area contributed by atoms with Crippen LogP contribution in [0.15, 0.2) is 30.3 Å². The van der Waals surface area contributed by atoms with Gasteiger partial charge in [-0.3, -0.25) is 9.59 Å². The molecule has 5 nitrogen and oxygen atoms in total. The molecule has 2 amide bonds. The lowest BCUT2D eigenvalue weighted by Gasteiger charge is -2.43. The van der Waals surface area contributed by atoms with E-state index in [0.29, 0.717) is 12.1 Å². The molecule has 0 heterocycles. The second kappa shape index (κ2) is 8.29. The number of amides is 2. The zero-order chi connectivity index (χ0) is 17.6. The number of hydrogen-bond acceptors (Lipinski definition) is 3. The van der Waals surface area contributed by atoms with Crippen LogP contribution in [0.3, 0.4) is 0 Å². The quantitative estimate of drug-likeness (QED) is 0.840. The van der Waals surface area contributed by atoms with E-state index in [0.717, 1.165) is 12.8 Å². The Labute approximate surface area is 144 Å². The van der Waals surface area contributed by atoms with Crippen LogP contribution in [0.2, 0.25) is 0 Å². The first kappa shape index (κ1) is 18.5. The van der Waals surface area contributed by atoms with Crippen molar-refractivity contribution in [2.45, 2.75) is 50.6 Å². The van der Waals surface area contributed by atoms with Crippen molar-refractivity contribution in [1.29, 1.82) is 0 Å². The third-order valence-electron chi connectivity index (χ3n) is 5.10. The third kappa shape index (κ3) is 4.57. The first-order valence-electron chi connectivity index (χ1n) is 8.76. The summed E-state index contributed by atoms with van der Waals surface area (Å²) in [4.78, 5) is 26.7. The maximum atomic E-state index is 12.4. The van der Waals surface area contributed by atoms with E-state index in [4.69, 9.17) is 0 Å². The molecule has 2 rings (SSSR count). The van der Waals surface area contributed by atoms with Crippen LogP contribution in [0.25, 0.3) is 0 Å². The van der Waals surface area contributed by atoms with E-state index in [1.54, 1.807) is 19.1 Å². The Kier molecular flexibility index (Phi) is 6.37. The second-order valence-corrected chi connectivity index (χ2v) is 6.96. The van der Waals surface area contributed by atoms with Gasteiger partial charge in [0.2, 0.25) is 5.91 Å². The minimum atomic E-state index is -0.555. The zero-order valence-corrected chi connectivity index (χ0v) is 15.0. The molecule has 0 radical (unpaired) electrons. The minimum Gasteiger partial charge on any atom is -0.352 e. The molecule has 0 bridgehead atoms. The standard InChI is InChI=1S/C19H29N3O2/c1-15(21-18(24)16-10-6-4-7-11-16)17(23)20-14-19(22(2)3)12-8-5-9-13-19/h4,6-7,10-11,15H,5,8-9,12-14H2,1-3H3,(H,20,23)(H,21,24)/t15-/m1/s1. The van der Waals surface area contributed by atoms with E-state index < -0.39 is 6.04 Å². The summed E-state index contributed by atoms with van der Waals surface area (Å²) in [6, 6.07) is 8.40. The van der Waals surface area contributed by atoms with Crippen LogP contribution in [0.1, 0.15) is 49.4 Å². The Hall–Kier alpha value is -1.88. The predicted octanol–water partition coefficient (Wildman–Crippen LogP) is 2.19. The van der Waals surface area contributed by atoms with Gasteiger partial charge in [-0.05, 0) is 46.0 Å². The van der Waals surface area contributed by atoms with Crippen LogP contribution in [0, 0.1) is 0 Å². The number of carbonyl (C=O) groups excluding carboxylic acids is 2. The van der Waals surface area contributed by atoms with Crippen molar-refractivity contribution in [3.63, 3.8) is 0 Å². The van der Waals surface area contributed by atoms with Crippen LogP contribution < -0.4 is 10.6 Å². The van der Waals surface area contributed by atoms with E-state index >= 15 is 0 Å². The first-order chi connectivity index (χ1) is 11.4. The molecular formula is C19H29N3O2. The van der Waals surface area contributed by atoms with Gasteiger partial charge in [0.1, 0.15) is 6.04 Å². The van der Waals surface area contributed by atoms with E-state index in [1.165, 1.54) is 19.3 Å². The van der Waals surface area contributed by atoms with Gasteiger partial charge in [0, 0.05) is 17.6 Å². The highest BCUT2D eigenvalue weighted by Gasteiger charge is 2.34. The van der Waals surface area contributed by atoms with Crippen LogP contribution in [0.5, 0.6) is 0 Å². The Morgan fingerprint density at radius 1 is 1.12 bits per heavy atom. The SMILES string of the molecule is C[C@@H](NC(=O)c1ccccc1)C(=O)NCC1(N(C)C)CCCCC1. The fourth-order valence-electron chi connectivity index (χ4n) is 3.33. The molecular weight excluding hydrogens is 302 g/mol. The maximum Gasteiger partial charge on any atom is 0.251 e. The molecule has 1 aliphatic carbocycles. The van der Waals surface area contributed by atoms with E-state index in [9.17, 15) is 9.59 Å². The highest BCUT2D eigenvalue weighted by molar-refractivity contribution is 5.97. The Morgan fingerprint density at radius 2 is 1.75 bits per heavy atom. The zero-order valence-electron chi connectivity index (χ0n) is 15.0. The van der Waals surface area contributed by atoms with Crippen molar-refractivity contribution in [2.24, 2.45) is 0 Å². The topological polar surface area (TPSA) is 61.4 Å². The summed E-state index contributed by atoms with van der Waals surface area (Å²) in [7, 11) is 4.16. The summed E-state index contributed by atoms with van der Waals surface area (Å²) >= 11 is 0. The lowest BCUT2D eigenvalue weighted by atomic mass is 9.80. The monoisotopic (exact) mass is 331 g/mol.